The van der Waals surface area contributed by atoms with Gasteiger partial charge in [-0.3, -0.25) is 9.69 Å². The molecular formula is C26H25NO3. The molecule has 1 aliphatic heterocycles. The van der Waals surface area contributed by atoms with Crippen molar-refractivity contribution in [1.29, 1.82) is 0 Å². The van der Waals surface area contributed by atoms with Crippen molar-refractivity contribution in [2.24, 2.45) is 5.92 Å². The van der Waals surface area contributed by atoms with Gasteiger partial charge in [0.25, 0.3) is 5.91 Å². The fourth-order valence-electron chi connectivity index (χ4n) is 3.53. The van der Waals surface area contributed by atoms with Crippen LogP contribution in [0.5, 0.6) is 11.5 Å². The van der Waals surface area contributed by atoms with Crippen LogP contribution in [-0.2, 0) is 4.79 Å². The Balaban J connectivity index is 1.72. The van der Waals surface area contributed by atoms with Gasteiger partial charge in [-0.05, 0) is 47.9 Å². The van der Waals surface area contributed by atoms with Gasteiger partial charge < -0.3 is 9.47 Å². The number of methoxy groups -OCH3 is 1. The summed E-state index contributed by atoms with van der Waals surface area (Å²) in [5, 5.41) is 0. The second-order valence-corrected chi connectivity index (χ2v) is 7.67. The summed E-state index contributed by atoms with van der Waals surface area (Å²) in [5.41, 5.74) is 4.21. The van der Waals surface area contributed by atoms with E-state index in [-0.39, 0.29) is 5.91 Å². The third-order valence-corrected chi connectivity index (χ3v) is 4.95. The molecule has 0 fully saturated rings. The van der Waals surface area contributed by atoms with Crippen LogP contribution >= 0.6 is 0 Å². The summed E-state index contributed by atoms with van der Waals surface area (Å²) in [6, 6.07) is 23.3. The molecule has 0 atom stereocenters. The Morgan fingerprint density at radius 1 is 0.933 bits per heavy atom. The van der Waals surface area contributed by atoms with Crippen molar-refractivity contribution in [3.8, 4) is 11.5 Å². The summed E-state index contributed by atoms with van der Waals surface area (Å²) in [6.45, 7) is 4.83. The molecule has 0 unspecified atom stereocenters. The van der Waals surface area contributed by atoms with Gasteiger partial charge in [-0.2, -0.15) is 0 Å². The van der Waals surface area contributed by atoms with Crippen molar-refractivity contribution in [3.05, 3.63) is 83.9 Å². The van der Waals surface area contributed by atoms with Crippen LogP contribution in [-0.4, -0.2) is 19.6 Å². The smallest absolute Gasteiger partial charge is 0.263 e. The zero-order valence-corrected chi connectivity index (χ0v) is 17.5. The van der Waals surface area contributed by atoms with E-state index in [4.69, 9.17) is 9.47 Å². The molecular weight excluding hydrogens is 374 g/mol. The summed E-state index contributed by atoms with van der Waals surface area (Å²) in [5.74, 6) is 1.75. The van der Waals surface area contributed by atoms with E-state index in [2.05, 4.69) is 13.8 Å². The SMILES string of the molecule is COc1cc(/C=C2/C(=O)N(c3ccccc3)c3ccccc32)ccc1OCC(C)C. The Morgan fingerprint density at radius 2 is 1.67 bits per heavy atom. The van der Waals surface area contributed by atoms with Gasteiger partial charge >= 0.3 is 0 Å². The molecule has 0 saturated heterocycles. The van der Waals surface area contributed by atoms with Gasteiger partial charge in [-0.25, -0.2) is 0 Å². The van der Waals surface area contributed by atoms with Crippen LogP contribution in [0.4, 0.5) is 11.4 Å². The van der Waals surface area contributed by atoms with Crippen LogP contribution in [0, 0.1) is 5.92 Å². The second-order valence-electron chi connectivity index (χ2n) is 7.67. The highest BCUT2D eigenvalue weighted by Crippen LogP contribution is 2.42. The normalized spacial score (nSPS) is 14.3. The molecule has 1 aliphatic rings. The van der Waals surface area contributed by atoms with Crippen LogP contribution < -0.4 is 14.4 Å². The summed E-state index contributed by atoms with van der Waals surface area (Å²) < 4.78 is 11.4. The number of carbonyl (C=O) groups is 1. The second kappa shape index (κ2) is 8.46. The van der Waals surface area contributed by atoms with Gasteiger partial charge in [0.05, 0.1) is 25.0 Å². The fourth-order valence-corrected chi connectivity index (χ4v) is 3.53. The average Bonchev–Trinajstić information content (AvgIpc) is 3.04. The van der Waals surface area contributed by atoms with Gasteiger partial charge in [0.2, 0.25) is 0 Å². The molecule has 1 heterocycles. The Morgan fingerprint density at radius 3 is 2.40 bits per heavy atom. The molecule has 3 aromatic rings. The number of amides is 1. The Kier molecular flexibility index (Phi) is 5.57. The highest BCUT2D eigenvalue weighted by molar-refractivity contribution is 6.37. The maximum atomic E-state index is 13.4. The number of benzene rings is 3. The largest absolute Gasteiger partial charge is 0.493 e. The zero-order valence-electron chi connectivity index (χ0n) is 17.5. The molecule has 0 radical (unpaired) electrons. The highest BCUT2D eigenvalue weighted by atomic mass is 16.5. The van der Waals surface area contributed by atoms with E-state index < -0.39 is 0 Å². The number of hydrogen-bond acceptors (Lipinski definition) is 3. The molecule has 1 amide bonds. The topological polar surface area (TPSA) is 38.8 Å². The van der Waals surface area contributed by atoms with Gasteiger partial charge in [0.15, 0.2) is 11.5 Å². The lowest BCUT2D eigenvalue weighted by Crippen LogP contribution is -2.20. The molecule has 4 nitrogen and oxygen atoms in total. The minimum absolute atomic E-state index is 0.0403. The monoisotopic (exact) mass is 399 g/mol. The number of anilines is 2. The number of hydrogen-bond donors (Lipinski definition) is 0. The lowest BCUT2D eigenvalue weighted by molar-refractivity contribution is -0.112. The molecule has 30 heavy (non-hydrogen) atoms. The molecule has 0 aromatic heterocycles. The standard InChI is InChI=1S/C26H25NO3/c1-18(2)17-30-24-14-13-19(16-25(24)29-3)15-22-21-11-7-8-12-23(21)27(26(22)28)20-9-5-4-6-10-20/h4-16,18H,17H2,1-3H3/b22-15+. The van der Waals surface area contributed by atoms with E-state index in [0.29, 0.717) is 29.6 Å². The lowest BCUT2D eigenvalue weighted by Gasteiger charge is -2.16. The van der Waals surface area contributed by atoms with E-state index in [9.17, 15) is 4.79 Å². The van der Waals surface area contributed by atoms with Gasteiger partial charge in [-0.15, -0.1) is 0 Å². The van der Waals surface area contributed by atoms with Crippen LogP contribution in [0.25, 0.3) is 11.6 Å². The molecule has 3 aromatic carbocycles. The Labute approximate surface area is 177 Å². The maximum absolute atomic E-state index is 13.4. The number of rotatable bonds is 6. The summed E-state index contributed by atoms with van der Waals surface area (Å²) in [6.07, 6.45) is 1.92. The van der Waals surface area contributed by atoms with Crippen LogP contribution in [0.2, 0.25) is 0 Å². The number of fused-ring (bicyclic) bond motifs is 1. The predicted molar refractivity (Wildman–Crippen MR) is 121 cm³/mol. The fraction of sp³-hybridized carbons (Fsp3) is 0.192. The van der Waals surface area contributed by atoms with E-state index in [1.54, 1.807) is 12.0 Å². The van der Waals surface area contributed by atoms with Crippen molar-refractivity contribution in [3.63, 3.8) is 0 Å². The minimum Gasteiger partial charge on any atom is -0.493 e. The van der Waals surface area contributed by atoms with E-state index in [1.807, 2.05) is 78.9 Å². The van der Waals surface area contributed by atoms with E-state index in [1.165, 1.54) is 0 Å². The average molecular weight is 399 g/mol. The van der Waals surface area contributed by atoms with Crippen LogP contribution in [0.1, 0.15) is 25.0 Å². The van der Waals surface area contributed by atoms with Crippen molar-refractivity contribution in [2.45, 2.75) is 13.8 Å². The highest BCUT2D eigenvalue weighted by Gasteiger charge is 2.33. The van der Waals surface area contributed by atoms with Crippen molar-refractivity contribution < 1.29 is 14.3 Å². The van der Waals surface area contributed by atoms with E-state index in [0.717, 1.165) is 22.5 Å². The Bertz CT molecular complexity index is 1090. The third kappa shape index (κ3) is 3.81. The quantitative estimate of drug-likeness (QED) is 0.481. The lowest BCUT2D eigenvalue weighted by atomic mass is 10.0. The molecule has 0 N–H and O–H groups in total. The first-order valence-electron chi connectivity index (χ1n) is 10.1. The van der Waals surface area contributed by atoms with Crippen molar-refractivity contribution >= 4 is 28.9 Å². The zero-order chi connectivity index (χ0) is 21.1. The number of ether oxygens (including phenoxy) is 2. The first-order valence-corrected chi connectivity index (χ1v) is 10.1. The van der Waals surface area contributed by atoms with Gasteiger partial charge in [-0.1, -0.05) is 56.3 Å². The Hall–Kier alpha value is -3.53. The first-order chi connectivity index (χ1) is 14.6. The maximum Gasteiger partial charge on any atom is 0.263 e. The number of para-hydroxylation sites is 2. The van der Waals surface area contributed by atoms with Crippen LogP contribution in [0.3, 0.4) is 0 Å². The molecule has 4 rings (SSSR count). The molecule has 0 saturated carbocycles. The summed E-state index contributed by atoms with van der Waals surface area (Å²) in [4.78, 5) is 15.1. The van der Waals surface area contributed by atoms with E-state index >= 15 is 0 Å². The van der Waals surface area contributed by atoms with Crippen LogP contribution in [0.15, 0.2) is 72.8 Å². The molecule has 152 valence electrons. The number of nitrogens with zero attached hydrogens (tertiary/aromatic N) is 1. The number of carbonyl (C=O) groups excluding carboxylic acids is 1. The van der Waals surface area contributed by atoms with Crippen molar-refractivity contribution in [1.82, 2.24) is 0 Å². The predicted octanol–water partition coefficient (Wildman–Crippen LogP) is 5.95. The van der Waals surface area contributed by atoms with Crippen molar-refractivity contribution in [2.75, 3.05) is 18.6 Å². The first kappa shape index (κ1) is 19.8. The van der Waals surface area contributed by atoms with Gasteiger partial charge in [0, 0.05) is 11.3 Å². The van der Waals surface area contributed by atoms with Gasteiger partial charge in [0.1, 0.15) is 0 Å². The minimum atomic E-state index is -0.0403. The molecule has 4 heteroatoms. The summed E-state index contributed by atoms with van der Waals surface area (Å²) in [7, 11) is 1.63. The molecule has 0 bridgehead atoms. The molecule has 0 spiro atoms. The molecule has 0 aliphatic carbocycles. The third-order valence-electron chi connectivity index (χ3n) is 4.95. The summed E-state index contributed by atoms with van der Waals surface area (Å²) >= 11 is 0.